The van der Waals surface area contributed by atoms with Crippen LogP contribution in [0.2, 0.25) is 0 Å². The van der Waals surface area contributed by atoms with E-state index in [-0.39, 0.29) is 0 Å². The van der Waals surface area contributed by atoms with Crippen molar-refractivity contribution in [1.29, 1.82) is 0 Å². The molecule has 0 saturated heterocycles. The molecule has 0 radical (unpaired) electrons. The number of rotatable bonds is 3. The van der Waals surface area contributed by atoms with Gasteiger partial charge in [0.2, 0.25) is 0 Å². The zero-order valence-electron chi connectivity index (χ0n) is 8.12. The summed E-state index contributed by atoms with van der Waals surface area (Å²) < 4.78 is 6.62. The third-order valence-electron chi connectivity index (χ3n) is 2.27. The molecule has 2 aromatic rings. The standard InChI is InChI=1S/C11H13NOS/c1-13-10-6-9-3-5-14-11(9)7-8(10)2-4-12/h3,5-7H,2,4,12H2,1H3. The van der Waals surface area contributed by atoms with Crippen molar-refractivity contribution in [3.63, 3.8) is 0 Å². The summed E-state index contributed by atoms with van der Waals surface area (Å²) in [6, 6.07) is 6.36. The molecule has 0 unspecified atom stereocenters. The number of fused-ring (bicyclic) bond motifs is 1. The van der Waals surface area contributed by atoms with E-state index in [0.717, 1.165) is 12.2 Å². The molecule has 0 spiro atoms. The van der Waals surface area contributed by atoms with Crippen LogP contribution < -0.4 is 10.5 Å². The molecule has 0 aliphatic heterocycles. The summed E-state index contributed by atoms with van der Waals surface area (Å²) in [4.78, 5) is 0. The normalized spacial score (nSPS) is 10.7. The summed E-state index contributed by atoms with van der Waals surface area (Å²) in [5.74, 6) is 0.946. The van der Waals surface area contributed by atoms with Gasteiger partial charge < -0.3 is 10.5 Å². The highest BCUT2D eigenvalue weighted by molar-refractivity contribution is 7.17. The average molecular weight is 207 g/mol. The molecular weight excluding hydrogens is 194 g/mol. The fourth-order valence-electron chi connectivity index (χ4n) is 1.57. The largest absolute Gasteiger partial charge is 0.496 e. The summed E-state index contributed by atoms with van der Waals surface area (Å²) in [5, 5.41) is 3.34. The third-order valence-corrected chi connectivity index (χ3v) is 3.15. The van der Waals surface area contributed by atoms with Gasteiger partial charge in [0.25, 0.3) is 0 Å². The summed E-state index contributed by atoms with van der Waals surface area (Å²) >= 11 is 1.75. The van der Waals surface area contributed by atoms with Crippen molar-refractivity contribution in [2.24, 2.45) is 5.73 Å². The molecule has 1 heterocycles. The van der Waals surface area contributed by atoms with Crippen molar-refractivity contribution in [3.8, 4) is 5.75 Å². The van der Waals surface area contributed by atoms with Crippen LogP contribution in [0.5, 0.6) is 5.75 Å². The van der Waals surface area contributed by atoms with Crippen molar-refractivity contribution >= 4 is 21.4 Å². The predicted octanol–water partition coefficient (Wildman–Crippen LogP) is 2.41. The van der Waals surface area contributed by atoms with E-state index in [0.29, 0.717) is 6.54 Å². The van der Waals surface area contributed by atoms with Gasteiger partial charge in [-0.15, -0.1) is 11.3 Å². The van der Waals surface area contributed by atoms with Crippen LogP contribution in [0.25, 0.3) is 10.1 Å². The van der Waals surface area contributed by atoms with E-state index in [4.69, 9.17) is 10.5 Å². The van der Waals surface area contributed by atoms with Crippen LogP contribution in [0.3, 0.4) is 0 Å². The Morgan fingerprint density at radius 3 is 3.00 bits per heavy atom. The van der Waals surface area contributed by atoms with Gasteiger partial charge in [-0.1, -0.05) is 0 Å². The second-order valence-electron chi connectivity index (χ2n) is 3.16. The lowest BCUT2D eigenvalue weighted by Gasteiger charge is -2.07. The number of hydrogen-bond acceptors (Lipinski definition) is 3. The molecule has 1 aromatic heterocycles. The van der Waals surface area contributed by atoms with E-state index in [9.17, 15) is 0 Å². The summed E-state index contributed by atoms with van der Waals surface area (Å²) in [6.45, 7) is 0.660. The first kappa shape index (κ1) is 9.49. The van der Waals surface area contributed by atoms with Crippen LogP contribution in [-0.4, -0.2) is 13.7 Å². The van der Waals surface area contributed by atoms with Crippen LogP contribution in [0.1, 0.15) is 5.56 Å². The van der Waals surface area contributed by atoms with Crippen LogP contribution in [0.15, 0.2) is 23.6 Å². The Morgan fingerprint density at radius 2 is 2.29 bits per heavy atom. The molecule has 2 nitrogen and oxygen atoms in total. The SMILES string of the molecule is COc1cc2ccsc2cc1CCN. The Balaban J connectivity index is 2.54. The molecule has 0 fully saturated rings. The Labute approximate surface area is 87.3 Å². The van der Waals surface area contributed by atoms with Gasteiger partial charge in [-0.3, -0.25) is 0 Å². The smallest absolute Gasteiger partial charge is 0.122 e. The van der Waals surface area contributed by atoms with Crippen LogP contribution in [0.4, 0.5) is 0 Å². The molecule has 0 aliphatic carbocycles. The lowest BCUT2D eigenvalue weighted by atomic mass is 10.1. The maximum Gasteiger partial charge on any atom is 0.122 e. The van der Waals surface area contributed by atoms with Gasteiger partial charge in [-0.25, -0.2) is 0 Å². The highest BCUT2D eigenvalue weighted by atomic mass is 32.1. The number of ether oxygens (including phenoxy) is 1. The first-order chi connectivity index (χ1) is 6.85. The lowest BCUT2D eigenvalue weighted by molar-refractivity contribution is 0.410. The fourth-order valence-corrected chi connectivity index (χ4v) is 2.41. The van der Waals surface area contributed by atoms with E-state index in [1.807, 2.05) is 0 Å². The van der Waals surface area contributed by atoms with Gasteiger partial charge in [-0.05, 0) is 47.5 Å². The zero-order chi connectivity index (χ0) is 9.97. The monoisotopic (exact) mass is 207 g/mol. The molecule has 0 amide bonds. The summed E-state index contributed by atoms with van der Waals surface area (Å²) in [6.07, 6.45) is 0.872. The Hall–Kier alpha value is -1.06. The summed E-state index contributed by atoms with van der Waals surface area (Å²) in [5.41, 5.74) is 6.75. The highest BCUT2D eigenvalue weighted by Gasteiger charge is 2.05. The first-order valence-electron chi connectivity index (χ1n) is 4.59. The molecule has 2 N–H and O–H groups in total. The van der Waals surface area contributed by atoms with Crippen LogP contribution in [-0.2, 0) is 6.42 Å². The van der Waals surface area contributed by atoms with E-state index < -0.39 is 0 Å². The molecule has 0 aliphatic rings. The minimum atomic E-state index is 0.660. The fraction of sp³-hybridized carbons (Fsp3) is 0.273. The maximum atomic E-state index is 5.55. The van der Waals surface area contributed by atoms with Gasteiger partial charge in [0, 0.05) is 4.70 Å². The quantitative estimate of drug-likeness (QED) is 0.838. The average Bonchev–Trinajstić information content (AvgIpc) is 2.64. The Kier molecular flexibility index (Phi) is 2.70. The molecule has 0 bridgehead atoms. The van der Waals surface area contributed by atoms with Crippen molar-refractivity contribution in [2.45, 2.75) is 6.42 Å². The number of methoxy groups -OCH3 is 1. The van der Waals surface area contributed by atoms with Crippen molar-refractivity contribution in [2.75, 3.05) is 13.7 Å². The van der Waals surface area contributed by atoms with E-state index >= 15 is 0 Å². The number of hydrogen-bond donors (Lipinski definition) is 1. The van der Waals surface area contributed by atoms with Crippen molar-refractivity contribution in [1.82, 2.24) is 0 Å². The number of benzene rings is 1. The van der Waals surface area contributed by atoms with E-state index in [1.54, 1.807) is 18.4 Å². The molecule has 2 rings (SSSR count). The molecule has 14 heavy (non-hydrogen) atoms. The molecule has 1 aromatic carbocycles. The van der Waals surface area contributed by atoms with Crippen molar-refractivity contribution in [3.05, 3.63) is 29.1 Å². The first-order valence-corrected chi connectivity index (χ1v) is 5.47. The molecular formula is C11H13NOS. The molecule has 0 saturated carbocycles. The van der Waals surface area contributed by atoms with Crippen LogP contribution >= 0.6 is 11.3 Å². The number of nitrogens with two attached hydrogens (primary N) is 1. The van der Waals surface area contributed by atoms with Gasteiger partial charge >= 0.3 is 0 Å². The van der Waals surface area contributed by atoms with Gasteiger partial charge in [0.05, 0.1) is 7.11 Å². The second kappa shape index (κ2) is 3.98. The lowest BCUT2D eigenvalue weighted by Crippen LogP contribution is -2.04. The van der Waals surface area contributed by atoms with Gasteiger partial charge in [0.1, 0.15) is 5.75 Å². The topological polar surface area (TPSA) is 35.2 Å². The van der Waals surface area contributed by atoms with Gasteiger partial charge in [0.15, 0.2) is 0 Å². The minimum absolute atomic E-state index is 0.660. The minimum Gasteiger partial charge on any atom is -0.496 e. The second-order valence-corrected chi connectivity index (χ2v) is 4.11. The zero-order valence-corrected chi connectivity index (χ0v) is 8.93. The maximum absolute atomic E-state index is 5.55. The van der Waals surface area contributed by atoms with Crippen LogP contribution in [0, 0.1) is 0 Å². The summed E-state index contributed by atoms with van der Waals surface area (Å²) in [7, 11) is 1.70. The van der Waals surface area contributed by atoms with Crippen molar-refractivity contribution < 1.29 is 4.74 Å². The molecule has 3 heteroatoms. The highest BCUT2D eigenvalue weighted by Crippen LogP contribution is 2.29. The van der Waals surface area contributed by atoms with Gasteiger partial charge in [-0.2, -0.15) is 0 Å². The molecule has 74 valence electrons. The van der Waals surface area contributed by atoms with E-state index in [2.05, 4.69) is 23.6 Å². The number of thiophene rings is 1. The Morgan fingerprint density at radius 1 is 1.43 bits per heavy atom. The predicted molar refractivity (Wildman–Crippen MR) is 61.1 cm³/mol. The third kappa shape index (κ3) is 1.61. The Bertz CT molecular complexity index is 436. The molecule has 0 atom stereocenters. The van der Waals surface area contributed by atoms with E-state index in [1.165, 1.54) is 15.6 Å².